The smallest absolute Gasteiger partial charge is 0.404 e. The van der Waals surface area contributed by atoms with Crippen LogP contribution in [0.25, 0.3) is 11.3 Å². The van der Waals surface area contributed by atoms with Gasteiger partial charge in [0.1, 0.15) is 17.5 Å². The van der Waals surface area contributed by atoms with Crippen LogP contribution in [-0.2, 0) is 0 Å². The van der Waals surface area contributed by atoms with Crippen molar-refractivity contribution in [2.45, 2.75) is 31.2 Å². The lowest BCUT2D eigenvalue weighted by Gasteiger charge is -2.35. The molecule has 152 valence electrons. The number of carboxylic acid groups (broad SMARTS) is 1. The molecule has 0 unspecified atom stereocenters. The predicted octanol–water partition coefficient (Wildman–Crippen LogP) is 4.21. The molecule has 6 nitrogen and oxygen atoms in total. The summed E-state index contributed by atoms with van der Waals surface area (Å²) < 4.78 is 47.1. The zero-order chi connectivity index (χ0) is 21.0. The molecule has 1 fully saturated rings. The third-order valence-electron chi connectivity index (χ3n) is 4.82. The third kappa shape index (κ3) is 5.16. The van der Waals surface area contributed by atoms with Gasteiger partial charge in [0, 0.05) is 36.6 Å². The molecular formula is C20H18F3N3O3. The van der Waals surface area contributed by atoms with Gasteiger partial charge in [0.25, 0.3) is 0 Å². The summed E-state index contributed by atoms with van der Waals surface area (Å²) in [6, 6.07) is 8.52. The monoisotopic (exact) mass is 405 g/mol. The number of rotatable bonds is 5. The van der Waals surface area contributed by atoms with Crippen LogP contribution in [0.1, 0.15) is 24.8 Å². The van der Waals surface area contributed by atoms with E-state index in [0.717, 1.165) is 6.07 Å². The number of hydrogen-bond acceptors (Lipinski definition) is 4. The first-order valence-electron chi connectivity index (χ1n) is 8.93. The van der Waals surface area contributed by atoms with Gasteiger partial charge >= 0.3 is 6.09 Å². The van der Waals surface area contributed by atoms with Crippen molar-refractivity contribution in [1.82, 2.24) is 10.3 Å². The summed E-state index contributed by atoms with van der Waals surface area (Å²) in [7, 11) is 0. The van der Waals surface area contributed by atoms with Gasteiger partial charge in [0.2, 0.25) is 5.92 Å². The number of benzene rings is 1. The number of nitrogens with zero attached hydrogens (tertiary/aromatic N) is 2. The van der Waals surface area contributed by atoms with Crippen LogP contribution in [0.2, 0.25) is 0 Å². The number of nitriles is 1. The Morgan fingerprint density at radius 2 is 2.10 bits per heavy atom. The average Bonchev–Trinajstić information content (AvgIpc) is 2.68. The maximum absolute atomic E-state index is 14.1. The zero-order valence-electron chi connectivity index (χ0n) is 15.2. The molecule has 2 N–H and O–H groups in total. The molecular weight excluding hydrogens is 387 g/mol. The van der Waals surface area contributed by atoms with Crippen molar-refractivity contribution in [3.05, 3.63) is 47.9 Å². The fourth-order valence-corrected chi connectivity index (χ4v) is 3.38. The zero-order valence-corrected chi connectivity index (χ0v) is 15.2. The van der Waals surface area contributed by atoms with Crippen molar-refractivity contribution in [2.24, 2.45) is 5.92 Å². The van der Waals surface area contributed by atoms with Gasteiger partial charge in [-0.2, -0.15) is 5.26 Å². The molecule has 29 heavy (non-hydrogen) atoms. The van der Waals surface area contributed by atoms with Crippen LogP contribution in [0.3, 0.4) is 0 Å². The largest absolute Gasteiger partial charge is 0.493 e. The Hall–Kier alpha value is -3.28. The summed E-state index contributed by atoms with van der Waals surface area (Å²) in [6.45, 7) is -0.0800. The molecule has 0 bridgehead atoms. The number of ether oxygens (including phenoxy) is 1. The van der Waals surface area contributed by atoms with Crippen molar-refractivity contribution in [1.29, 1.82) is 5.26 Å². The Bertz CT molecular complexity index is 929. The highest BCUT2D eigenvalue weighted by atomic mass is 19.3. The van der Waals surface area contributed by atoms with Crippen LogP contribution >= 0.6 is 0 Å². The molecule has 2 atom stereocenters. The van der Waals surface area contributed by atoms with Gasteiger partial charge in [-0.25, -0.2) is 18.0 Å². The van der Waals surface area contributed by atoms with E-state index >= 15 is 0 Å². The molecule has 1 amide bonds. The maximum Gasteiger partial charge on any atom is 0.404 e. The topological polar surface area (TPSA) is 95.2 Å². The molecule has 1 aromatic heterocycles. The predicted molar refractivity (Wildman–Crippen MR) is 97.1 cm³/mol. The van der Waals surface area contributed by atoms with Gasteiger partial charge in [-0.05, 0) is 36.8 Å². The Morgan fingerprint density at radius 1 is 1.38 bits per heavy atom. The molecule has 1 aromatic carbocycles. The Morgan fingerprint density at radius 3 is 2.72 bits per heavy atom. The standard InChI is InChI=1S/C20H18F3N3O3/c21-16-7-12(9-24)10-25-18(16)13-1-3-15(4-2-13)29-11-14-8-20(22,23)6-5-17(14)26-19(27)28/h1-4,7,10,14,17,26H,5-6,8,11H2,(H,27,28)/t14-,17+/m1/s1. The van der Waals surface area contributed by atoms with Gasteiger partial charge in [0.05, 0.1) is 12.2 Å². The first-order valence-corrected chi connectivity index (χ1v) is 8.93. The van der Waals surface area contributed by atoms with Crippen LogP contribution in [-0.4, -0.2) is 34.8 Å². The number of hydrogen-bond donors (Lipinski definition) is 2. The lowest BCUT2D eigenvalue weighted by atomic mass is 9.82. The molecule has 9 heteroatoms. The number of amides is 1. The fourth-order valence-electron chi connectivity index (χ4n) is 3.38. The number of aromatic nitrogens is 1. The normalized spacial score (nSPS) is 20.5. The first kappa shape index (κ1) is 20.5. The third-order valence-corrected chi connectivity index (χ3v) is 4.82. The molecule has 0 spiro atoms. The number of pyridine rings is 1. The van der Waals surface area contributed by atoms with Crippen molar-refractivity contribution in [3.8, 4) is 23.1 Å². The highest BCUT2D eigenvalue weighted by molar-refractivity contribution is 5.65. The van der Waals surface area contributed by atoms with E-state index in [1.165, 1.54) is 6.20 Å². The van der Waals surface area contributed by atoms with E-state index in [-0.39, 0.29) is 30.7 Å². The Kier molecular flexibility index (Phi) is 5.92. The van der Waals surface area contributed by atoms with Crippen molar-refractivity contribution >= 4 is 6.09 Å². The minimum Gasteiger partial charge on any atom is -0.493 e. The lowest BCUT2D eigenvalue weighted by molar-refractivity contribution is -0.0677. The summed E-state index contributed by atoms with van der Waals surface area (Å²) >= 11 is 0. The fraction of sp³-hybridized carbons (Fsp3) is 0.350. The minimum absolute atomic E-state index is 0.0376. The van der Waals surface area contributed by atoms with Crippen molar-refractivity contribution in [3.63, 3.8) is 0 Å². The van der Waals surface area contributed by atoms with E-state index in [1.807, 2.05) is 0 Å². The van der Waals surface area contributed by atoms with E-state index in [1.54, 1.807) is 30.3 Å². The van der Waals surface area contributed by atoms with E-state index in [2.05, 4.69) is 10.3 Å². The van der Waals surface area contributed by atoms with Crippen LogP contribution in [0.15, 0.2) is 36.5 Å². The molecule has 2 aromatic rings. The van der Waals surface area contributed by atoms with E-state index < -0.39 is 36.2 Å². The Labute approximate surface area is 164 Å². The summed E-state index contributed by atoms with van der Waals surface area (Å²) in [5.74, 6) is -3.78. The van der Waals surface area contributed by atoms with Gasteiger partial charge in [-0.1, -0.05) is 0 Å². The van der Waals surface area contributed by atoms with Crippen LogP contribution in [0, 0.1) is 23.1 Å². The van der Waals surface area contributed by atoms with Crippen LogP contribution < -0.4 is 10.1 Å². The summed E-state index contributed by atoms with van der Waals surface area (Å²) in [6.07, 6.45) is -0.785. The number of nitrogens with one attached hydrogen (secondary N) is 1. The molecule has 1 saturated carbocycles. The van der Waals surface area contributed by atoms with Crippen molar-refractivity contribution < 1.29 is 27.8 Å². The molecule has 1 aliphatic rings. The molecule has 0 aliphatic heterocycles. The van der Waals surface area contributed by atoms with Crippen LogP contribution in [0.4, 0.5) is 18.0 Å². The Balaban J connectivity index is 1.67. The highest BCUT2D eigenvalue weighted by Crippen LogP contribution is 2.37. The SMILES string of the molecule is N#Cc1cnc(-c2ccc(OC[C@H]3CC(F)(F)CC[C@@H]3NC(=O)O)cc2)c(F)c1. The molecule has 0 radical (unpaired) electrons. The first-order chi connectivity index (χ1) is 13.8. The second kappa shape index (κ2) is 8.39. The number of alkyl halides is 2. The van der Waals surface area contributed by atoms with E-state index in [0.29, 0.717) is 11.3 Å². The number of halogens is 3. The van der Waals surface area contributed by atoms with Gasteiger partial charge in [-0.15, -0.1) is 0 Å². The van der Waals surface area contributed by atoms with Gasteiger partial charge < -0.3 is 15.2 Å². The second-order valence-corrected chi connectivity index (χ2v) is 6.92. The van der Waals surface area contributed by atoms with E-state index in [4.69, 9.17) is 15.1 Å². The number of carbonyl (C=O) groups is 1. The second-order valence-electron chi connectivity index (χ2n) is 6.92. The van der Waals surface area contributed by atoms with Crippen molar-refractivity contribution in [2.75, 3.05) is 6.61 Å². The molecule has 1 heterocycles. The minimum atomic E-state index is -2.85. The molecule has 1 aliphatic carbocycles. The lowest BCUT2D eigenvalue weighted by Crippen LogP contribution is -2.48. The quantitative estimate of drug-likeness (QED) is 0.777. The molecule has 0 saturated heterocycles. The molecule has 3 rings (SSSR count). The maximum atomic E-state index is 14.1. The van der Waals surface area contributed by atoms with Gasteiger partial charge in [0.15, 0.2) is 5.82 Å². The highest BCUT2D eigenvalue weighted by Gasteiger charge is 2.42. The summed E-state index contributed by atoms with van der Waals surface area (Å²) in [4.78, 5) is 14.8. The van der Waals surface area contributed by atoms with Crippen LogP contribution in [0.5, 0.6) is 5.75 Å². The summed E-state index contributed by atoms with van der Waals surface area (Å²) in [5.41, 5.74) is 0.655. The van der Waals surface area contributed by atoms with Gasteiger partial charge in [-0.3, -0.25) is 4.98 Å². The average molecular weight is 405 g/mol. The summed E-state index contributed by atoms with van der Waals surface area (Å²) in [5, 5.41) is 20.0. The van der Waals surface area contributed by atoms with E-state index in [9.17, 15) is 18.0 Å².